The van der Waals surface area contributed by atoms with Gasteiger partial charge in [0.1, 0.15) is 11.4 Å². The summed E-state index contributed by atoms with van der Waals surface area (Å²) >= 11 is 12.4. The van der Waals surface area contributed by atoms with E-state index in [0.717, 1.165) is 28.0 Å². The Bertz CT molecular complexity index is 831. The molecule has 130 valence electrons. The third-order valence-corrected chi connectivity index (χ3v) is 4.68. The number of halogens is 2. The summed E-state index contributed by atoms with van der Waals surface area (Å²) in [6, 6.07) is 13.0. The van der Waals surface area contributed by atoms with Gasteiger partial charge in [-0.15, -0.1) is 0 Å². The molecule has 0 amide bonds. The van der Waals surface area contributed by atoms with Crippen molar-refractivity contribution in [3.8, 4) is 5.75 Å². The topological polar surface area (TPSA) is 35.5 Å². The van der Waals surface area contributed by atoms with E-state index in [1.807, 2.05) is 50.2 Å². The van der Waals surface area contributed by atoms with Gasteiger partial charge in [0.25, 0.3) is 0 Å². The molecule has 0 unspecified atom stereocenters. The molecule has 25 heavy (non-hydrogen) atoms. The molecule has 1 aliphatic rings. The maximum atomic E-state index is 11.9. The average molecular weight is 377 g/mol. The first kappa shape index (κ1) is 17.8. The first-order valence-electron chi connectivity index (χ1n) is 7.86. The van der Waals surface area contributed by atoms with Gasteiger partial charge in [-0.2, -0.15) is 0 Å². The van der Waals surface area contributed by atoms with Crippen LogP contribution in [0.4, 0.5) is 0 Å². The quantitative estimate of drug-likeness (QED) is 0.660. The van der Waals surface area contributed by atoms with Crippen molar-refractivity contribution in [2.75, 3.05) is 7.11 Å². The van der Waals surface area contributed by atoms with E-state index in [4.69, 9.17) is 32.7 Å². The number of ether oxygens (including phenoxy) is 2. The van der Waals surface area contributed by atoms with Gasteiger partial charge in [0.05, 0.1) is 13.5 Å². The molecule has 1 aliphatic heterocycles. The van der Waals surface area contributed by atoms with Crippen LogP contribution >= 0.6 is 23.2 Å². The summed E-state index contributed by atoms with van der Waals surface area (Å²) in [6.45, 7) is 3.78. The Morgan fingerprint density at radius 1 is 1.04 bits per heavy atom. The van der Waals surface area contributed by atoms with Crippen molar-refractivity contribution in [1.82, 2.24) is 0 Å². The molecule has 2 aromatic rings. The van der Waals surface area contributed by atoms with Crippen molar-refractivity contribution in [3.05, 3.63) is 69.2 Å². The summed E-state index contributed by atoms with van der Waals surface area (Å²) in [5, 5.41) is 1.08. The third kappa shape index (κ3) is 3.68. The van der Waals surface area contributed by atoms with Crippen LogP contribution in [-0.2, 0) is 9.53 Å². The van der Waals surface area contributed by atoms with E-state index in [2.05, 4.69) is 0 Å². The lowest BCUT2D eigenvalue weighted by atomic mass is 9.85. The maximum absolute atomic E-state index is 11.9. The van der Waals surface area contributed by atoms with Gasteiger partial charge in [-0.3, -0.25) is 4.79 Å². The fourth-order valence-electron chi connectivity index (χ4n) is 3.10. The zero-order valence-corrected chi connectivity index (χ0v) is 15.7. The number of rotatable bonds is 3. The molecule has 3 nitrogen and oxygen atoms in total. The summed E-state index contributed by atoms with van der Waals surface area (Å²) in [6.07, 6.45) is 0.235. The molecule has 0 N–H and O–H groups in total. The second kappa shape index (κ2) is 6.74. The molecule has 0 aromatic heterocycles. The highest BCUT2D eigenvalue weighted by Crippen LogP contribution is 2.41. The maximum Gasteiger partial charge on any atom is 0.310 e. The molecule has 0 aliphatic carbocycles. The molecular formula is C20H18Cl2O3. The largest absolute Gasteiger partial charge is 0.497 e. The molecule has 0 spiro atoms. The fourth-order valence-corrected chi connectivity index (χ4v) is 3.63. The number of hydrogen-bond donors (Lipinski definition) is 0. The van der Waals surface area contributed by atoms with Crippen LogP contribution in [0, 0.1) is 0 Å². The lowest BCUT2D eigenvalue weighted by molar-refractivity contribution is -0.145. The van der Waals surface area contributed by atoms with Gasteiger partial charge in [0.2, 0.25) is 0 Å². The van der Waals surface area contributed by atoms with E-state index >= 15 is 0 Å². The summed E-state index contributed by atoms with van der Waals surface area (Å²) in [5.41, 5.74) is 2.91. The number of carbonyl (C=O) groups is 1. The lowest BCUT2D eigenvalue weighted by Gasteiger charge is -2.23. The molecular weight excluding hydrogens is 359 g/mol. The summed E-state index contributed by atoms with van der Waals surface area (Å²) < 4.78 is 10.7. The fraction of sp³-hybridized carbons (Fsp3) is 0.250. The van der Waals surface area contributed by atoms with Crippen LogP contribution in [0.3, 0.4) is 0 Å². The minimum absolute atomic E-state index is 0.235. The minimum Gasteiger partial charge on any atom is -0.497 e. The van der Waals surface area contributed by atoms with Crippen LogP contribution in [0.25, 0.3) is 5.57 Å². The first-order valence-corrected chi connectivity index (χ1v) is 8.62. The first-order chi connectivity index (χ1) is 11.8. The van der Waals surface area contributed by atoms with E-state index in [-0.39, 0.29) is 12.4 Å². The average Bonchev–Trinajstić information content (AvgIpc) is 2.80. The van der Waals surface area contributed by atoms with E-state index < -0.39 is 5.60 Å². The van der Waals surface area contributed by atoms with Crippen molar-refractivity contribution >= 4 is 34.7 Å². The Kier molecular flexibility index (Phi) is 4.81. The zero-order chi connectivity index (χ0) is 18.2. The summed E-state index contributed by atoms with van der Waals surface area (Å²) in [5.74, 6) is 0.523. The van der Waals surface area contributed by atoms with Crippen molar-refractivity contribution in [2.45, 2.75) is 25.9 Å². The van der Waals surface area contributed by atoms with Crippen LogP contribution in [0.1, 0.15) is 31.4 Å². The van der Waals surface area contributed by atoms with Crippen LogP contribution in [0.2, 0.25) is 10.0 Å². The number of benzene rings is 2. The van der Waals surface area contributed by atoms with Crippen LogP contribution in [0.5, 0.6) is 5.75 Å². The second-order valence-corrected chi connectivity index (χ2v) is 7.27. The van der Waals surface area contributed by atoms with Crippen LogP contribution < -0.4 is 4.74 Å². The van der Waals surface area contributed by atoms with Gasteiger partial charge in [0, 0.05) is 10.0 Å². The normalized spacial score (nSPS) is 18.0. The molecule has 5 heteroatoms. The number of methoxy groups -OCH3 is 1. The standard InChI is InChI=1S/C20H18Cl2O3/c1-20(2)17(11-18(23)25-20)19(12-4-6-16(24-3)7-5-12)13-8-14(21)10-15(22)9-13/h4-10H,11H2,1-3H3/b19-17+. The molecule has 1 heterocycles. The van der Waals surface area contributed by atoms with E-state index in [9.17, 15) is 4.79 Å². The molecule has 0 bridgehead atoms. The van der Waals surface area contributed by atoms with E-state index in [1.54, 1.807) is 13.2 Å². The summed E-state index contributed by atoms with van der Waals surface area (Å²) in [4.78, 5) is 11.9. The highest BCUT2D eigenvalue weighted by molar-refractivity contribution is 6.35. The SMILES string of the molecule is COc1ccc(/C(=C2/CC(=O)OC2(C)C)c2cc(Cl)cc(Cl)c2)cc1. The van der Waals surface area contributed by atoms with E-state index in [1.165, 1.54) is 0 Å². The Morgan fingerprint density at radius 2 is 1.64 bits per heavy atom. The van der Waals surface area contributed by atoms with Gasteiger partial charge in [-0.05, 0) is 66.5 Å². The zero-order valence-electron chi connectivity index (χ0n) is 14.2. The lowest BCUT2D eigenvalue weighted by Crippen LogP contribution is -2.21. The molecule has 1 saturated heterocycles. The number of hydrogen-bond acceptors (Lipinski definition) is 3. The summed E-state index contributed by atoms with van der Waals surface area (Å²) in [7, 11) is 1.62. The highest BCUT2D eigenvalue weighted by Gasteiger charge is 2.39. The van der Waals surface area contributed by atoms with Crippen LogP contribution in [-0.4, -0.2) is 18.7 Å². The van der Waals surface area contributed by atoms with Crippen molar-refractivity contribution in [3.63, 3.8) is 0 Å². The van der Waals surface area contributed by atoms with Gasteiger partial charge in [-0.25, -0.2) is 0 Å². The van der Waals surface area contributed by atoms with E-state index in [0.29, 0.717) is 10.0 Å². The van der Waals surface area contributed by atoms with Crippen LogP contribution in [0.15, 0.2) is 48.0 Å². The number of carbonyl (C=O) groups excluding carboxylic acids is 1. The molecule has 0 radical (unpaired) electrons. The molecule has 3 rings (SSSR count). The highest BCUT2D eigenvalue weighted by atomic mass is 35.5. The third-order valence-electron chi connectivity index (χ3n) is 4.25. The molecule has 0 atom stereocenters. The monoisotopic (exact) mass is 376 g/mol. The molecule has 0 saturated carbocycles. The molecule has 2 aromatic carbocycles. The van der Waals surface area contributed by atoms with Crippen molar-refractivity contribution < 1.29 is 14.3 Å². The Hall–Kier alpha value is -1.97. The Labute approximate surface area is 157 Å². The van der Waals surface area contributed by atoms with Crippen molar-refractivity contribution in [2.24, 2.45) is 0 Å². The van der Waals surface area contributed by atoms with Gasteiger partial charge < -0.3 is 9.47 Å². The van der Waals surface area contributed by atoms with Gasteiger partial charge >= 0.3 is 5.97 Å². The van der Waals surface area contributed by atoms with Gasteiger partial charge in [0.15, 0.2) is 0 Å². The Balaban J connectivity index is 2.26. The second-order valence-electron chi connectivity index (χ2n) is 6.40. The number of esters is 1. The van der Waals surface area contributed by atoms with Crippen molar-refractivity contribution in [1.29, 1.82) is 0 Å². The van der Waals surface area contributed by atoms with Gasteiger partial charge in [-0.1, -0.05) is 35.3 Å². The predicted octanol–water partition coefficient (Wildman–Crippen LogP) is 5.53. The predicted molar refractivity (Wildman–Crippen MR) is 100 cm³/mol. The smallest absolute Gasteiger partial charge is 0.310 e. The Morgan fingerprint density at radius 3 is 2.12 bits per heavy atom. The number of cyclic esters (lactones) is 1. The molecule has 1 fully saturated rings. The minimum atomic E-state index is -0.693.